The second kappa shape index (κ2) is 5.57. The molecule has 0 aliphatic heterocycles. The molecule has 1 atom stereocenters. The maximum Gasteiger partial charge on any atom is 0.111 e. The van der Waals surface area contributed by atoms with Crippen LogP contribution in [0.5, 0.6) is 0 Å². The standard InChI is InChI=1S/C16H22O2/c1-11-5-6-15-13(3)10-18-16(15)9-12(2)8-14(7-11)17-4/h5,8,10,14H,6-7,9H2,1-4H3/b11-5-,12-8+/t14-/m0/s1. The maximum absolute atomic E-state index is 5.68. The maximum atomic E-state index is 5.68. The molecule has 0 aromatic carbocycles. The summed E-state index contributed by atoms with van der Waals surface area (Å²) in [7, 11) is 1.77. The number of aryl methyl sites for hydroxylation is 1. The van der Waals surface area contributed by atoms with Gasteiger partial charge in [-0.15, -0.1) is 0 Å². The molecule has 1 aromatic rings. The minimum Gasteiger partial charge on any atom is -0.468 e. The normalized spacial score (nSPS) is 26.8. The smallest absolute Gasteiger partial charge is 0.111 e. The molecule has 1 heterocycles. The van der Waals surface area contributed by atoms with Crippen LogP contribution in [0.2, 0.25) is 0 Å². The molecule has 0 spiro atoms. The fourth-order valence-electron chi connectivity index (χ4n) is 2.46. The summed E-state index contributed by atoms with van der Waals surface area (Å²) in [5.41, 5.74) is 5.29. The number of allylic oxidation sites excluding steroid dienone is 2. The lowest BCUT2D eigenvalue weighted by Gasteiger charge is -2.15. The van der Waals surface area contributed by atoms with E-state index in [9.17, 15) is 0 Å². The molecule has 0 unspecified atom stereocenters. The molecule has 0 fully saturated rings. The highest BCUT2D eigenvalue weighted by Gasteiger charge is 2.14. The number of hydrogen-bond donors (Lipinski definition) is 0. The number of rotatable bonds is 1. The van der Waals surface area contributed by atoms with E-state index >= 15 is 0 Å². The van der Waals surface area contributed by atoms with Crippen LogP contribution >= 0.6 is 0 Å². The van der Waals surface area contributed by atoms with E-state index in [1.165, 1.54) is 22.3 Å². The van der Waals surface area contributed by atoms with Crippen LogP contribution in [0.4, 0.5) is 0 Å². The Morgan fingerprint density at radius 1 is 1.22 bits per heavy atom. The lowest BCUT2D eigenvalue weighted by molar-refractivity contribution is 0.140. The molecular formula is C16H22O2. The summed E-state index contributed by atoms with van der Waals surface area (Å²) in [6, 6.07) is 0. The second-order valence-corrected chi connectivity index (χ2v) is 5.24. The van der Waals surface area contributed by atoms with Gasteiger partial charge in [-0.3, -0.25) is 0 Å². The van der Waals surface area contributed by atoms with Gasteiger partial charge in [-0.05, 0) is 39.2 Å². The molecule has 18 heavy (non-hydrogen) atoms. The molecule has 0 amide bonds. The summed E-state index contributed by atoms with van der Waals surface area (Å²) >= 11 is 0. The molecule has 2 nitrogen and oxygen atoms in total. The Morgan fingerprint density at radius 3 is 2.72 bits per heavy atom. The molecule has 0 radical (unpaired) electrons. The molecule has 1 aliphatic rings. The topological polar surface area (TPSA) is 22.4 Å². The number of ether oxygens (including phenoxy) is 1. The fraction of sp³-hybridized carbons (Fsp3) is 0.500. The average Bonchev–Trinajstić information content (AvgIpc) is 2.66. The van der Waals surface area contributed by atoms with Gasteiger partial charge in [0, 0.05) is 19.1 Å². The Labute approximate surface area is 109 Å². The van der Waals surface area contributed by atoms with Gasteiger partial charge in [-0.25, -0.2) is 0 Å². The van der Waals surface area contributed by atoms with Gasteiger partial charge in [0.25, 0.3) is 0 Å². The predicted molar refractivity (Wildman–Crippen MR) is 73.8 cm³/mol. The number of fused-ring (bicyclic) bond motifs is 1. The van der Waals surface area contributed by atoms with Gasteiger partial charge in [0.05, 0.1) is 12.4 Å². The summed E-state index contributed by atoms with van der Waals surface area (Å²) in [5.74, 6) is 1.10. The first-order valence-corrected chi connectivity index (χ1v) is 6.51. The van der Waals surface area contributed by atoms with E-state index in [1.54, 1.807) is 7.11 Å². The Hall–Kier alpha value is -1.28. The number of methoxy groups -OCH3 is 1. The third-order valence-electron chi connectivity index (χ3n) is 3.58. The van der Waals surface area contributed by atoms with E-state index in [0.29, 0.717) is 0 Å². The summed E-state index contributed by atoms with van der Waals surface area (Å²) in [6.45, 7) is 6.44. The summed E-state index contributed by atoms with van der Waals surface area (Å²) < 4.78 is 11.2. The average molecular weight is 246 g/mol. The summed E-state index contributed by atoms with van der Waals surface area (Å²) in [5, 5.41) is 0. The van der Waals surface area contributed by atoms with Crippen LogP contribution in [0.3, 0.4) is 0 Å². The van der Waals surface area contributed by atoms with E-state index in [1.807, 2.05) is 6.26 Å². The van der Waals surface area contributed by atoms with Gasteiger partial charge in [-0.1, -0.05) is 23.3 Å². The molecule has 0 N–H and O–H groups in total. The third kappa shape index (κ3) is 2.94. The Bertz CT molecular complexity index is 477. The first-order chi connectivity index (χ1) is 8.60. The Kier molecular flexibility index (Phi) is 4.07. The van der Waals surface area contributed by atoms with Gasteiger partial charge in [0.15, 0.2) is 0 Å². The first-order valence-electron chi connectivity index (χ1n) is 6.51. The van der Waals surface area contributed by atoms with Crippen molar-refractivity contribution in [2.45, 2.75) is 46.1 Å². The van der Waals surface area contributed by atoms with Crippen LogP contribution < -0.4 is 0 Å². The molecule has 0 bridgehead atoms. The highest BCUT2D eigenvalue weighted by Crippen LogP contribution is 2.24. The molecule has 2 heteroatoms. The quantitative estimate of drug-likeness (QED) is 0.699. The fourth-order valence-corrected chi connectivity index (χ4v) is 2.46. The van der Waals surface area contributed by atoms with Crippen molar-refractivity contribution in [3.63, 3.8) is 0 Å². The van der Waals surface area contributed by atoms with Gasteiger partial charge in [-0.2, -0.15) is 0 Å². The van der Waals surface area contributed by atoms with Crippen molar-refractivity contribution in [1.82, 2.24) is 0 Å². The zero-order valence-electron chi connectivity index (χ0n) is 11.7. The highest BCUT2D eigenvalue weighted by atomic mass is 16.5. The van der Waals surface area contributed by atoms with Crippen LogP contribution in [-0.4, -0.2) is 13.2 Å². The van der Waals surface area contributed by atoms with Gasteiger partial charge in [0.1, 0.15) is 5.76 Å². The Morgan fingerprint density at radius 2 is 2.00 bits per heavy atom. The van der Waals surface area contributed by atoms with Gasteiger partial charge in [0.2, 0.25) is 0 Å². The van der Waals surface area contributed by atoms with E-state index in [0.717, 1.165) is 25.0 Å². The molecule has 2 rings (SSSR count). The van der Waals surface area contributed by atoms with E-state index < -0.39 is 0 Å². The Balaban J connectivity index is 2.37. The van der Waals surface area contributed by atoms with Gasteiger partial charge < -0.3 is 9.15 Å². The van der Waals surface area contributed by atoms with Crippen molar-refractivity contribution >= 4 is 0 Å². The van der Waals surface area contributed by atoms with Crippen molar-refractivity contribution in [2.75, 3.05) is 7.11 Å². The minimum atomic E-state index is 0.179. The van der Waals surface area contributed by atoms with Crippen LogP contribution in [0.1, 0.15) is 37.2 Å². The molecule has 0 saturated heterocycles. The van der Waals surface area contributed by atoms with Crippen molar-refractivity contribution in [2.24, 2.45) is 0 Å². The van der Waals surface area contributed by atoms with Crippen LogP contribution in [0.15, 0.2) is 34.0 Å². The van der Waals surface area contributed by atoms with Crippen LogP contribution in [0, 0.1) is 6.92 Å². The lowest BCUT2D eigenvalue weighted by atomic mass is 9.97. The largest absolute Gasteiger partial charge is 0.468 e. The molecule has 98 valence electrons. The zero-order valence-corrected chi connectivity index (χ0v) is 11.7. The van der Waals surface area contributed by atoms with E-state index in [4.69, 9.17) is 9.15 Å². The lowest BCUT2D eigenvalue weighted by Crippen LogP contribution is -2.10. The molecule has 0 saturated carbocycles. The highest BCUT2D eigenvalue weighted by molar-refractivity contribution is 5.33. The molecular weight excluding hydrogens is 224 g/mol. The summed E-state index contributed by atoms with van der Waals surface area (Å²) in [6.07, 6.45) is 9.38. The molecule has 1 aliphatic carbocycles. The van der Waals surface area contributed by atoms with Crippen LogP contribution in [0.25, 0.3) is 0 Å². The number of hydrogen-bond acceptors (Lipinski definition) is 2. The van der Waals surface area contributed by atoms with Crippen molar-refractivity contribution < 1.29 is 9.15 Å². The third-order valence-corrected chi connectivity index (χ3v) is 3.58. The monoisotopic (exact) mass is 246 g/mol. The van der Waals surface area contributed by atoms with Crippen LogP contribution in [-0.2, 0) is 17.6 Å². The van der Waals surface area contributed by atoms with Crippen molar-refractivity contribution in [3.05, 3.63) is 46.4 Å². The molecule has 1 aromatic heterocycles. The first kappa shape index (κ1) is 13.2. The van der Waals surface area contributed by atoms with E-state index in [2.05, 4.69) is 32.9 Å². The van der Waals surface area contributed by atoms with Crippen molar-refractivity contribution in [3.8, 4) is 0 Å². The van der Waals surface area contributed by atoms with Gasteiger partial charge >= 0.3 is 0 Å². The zero-order chi connectivity index (χ0) is 13.1. The minimum absolute atomic E-state index is 0.179. The SMILES string of the molecule is CO[C@@H]1/C=C(\C)Cc2occ(C)c2C/C=C(/C)C1. The predicted octanol–water partition coefficient (Wildman–Crippen LogP) is 3.98. The second-order valence-electron chi connectivity index (χ2n) is 5.24. The number of furan rings is 1. The summed E-state index contributed by atoms with van der Waals surface area (Å²) in [4.78, 5) is 0. The van der Waals surface area contributed by atoms with E-state index in [-0.39, 0.29) is 6.10 Å². The van der Waals surface area contributed by atoms with Crippen molar-refractivity contribution in [1.29, 1.82) is 0 Å².